The van der Waals surface area contributed by atoms with Crippen molar-refractivity contribution in [1.82, 2.24) is 9.97 Å². The second-order valence-electron chi connectivity index (χ2n) is 11.2. The van der Waals surface area contributed by atoms with Crippen LogP contribution in [0.1, 0.15) is 11.4 Å². The van der Waals surface area contributed by atoms with E-state index >= 15 is 0 Å². The predicted octanol–water partition coefficient (Wildman–Crippen LogP) is 12.0. The van der Waals surface area contributed by atoms with Crippen LogP contribution in [0.4, 0.5) is 34.1 Å². The standard InChI is InChI=1S/C44H34N4/c1-3-41-42(4-2)46-44(34-27-31-40(32-28-34)48(37-21-13-7-14-22-37)38-23-15-8-16-24-38)43(45-41)33-25-29-39(30-26-33)47(35-17-9-5-10-18-35)36-19-11-6-12-20-36/h3-32H,1-2H2. The van der Waals surface area contributed by atoms with E-state index in [-0.39, 0.29) is 0 Å². The number of benzene rings is 6. The van der Waals surface area contributed by atoms with Gasteiger partial charge in [0.25, 0.3) is 0 Å². The largest absolute Gasteiger partial charge is 0.311 e. The van der Waals surface area contributed by atoms with Gasteiger partial charge in [0.1, 0.15) is 0 Å². The van der Waals surface area contributed by atoms with Crippen molar-refractivity contribution >= 4 is 46.3 Å². The van der Waals surface area contributed by atoms with Gasteiger partial charge in [-0.05, 0) is 84.9 Å². The number of anilines is 6. The van der Waals surface area contributed by atoms with E-state index in [1.165, 1.54) is 0 Å². The van der Waals surface area contributed by atoms with Crippen molar-refractivity contribution in [3.63, 3.8) is 0 Å². The number of aromatic nitrogens is 2. The number of para-hydroxylation sites is 4. The third-order valence-electron chi connectivity index (χ3n) is 8.19. The summed E-state index contributed by atoms with van der Waals surface area (Å²) in [7, 11) is 0. The van der Waals surface area contributed by atoms with Gasteiger partial charge in [0.05, 0.1) is 22.8 Å². The van der Waals surface area contributed by atoms with Gasteiger partial charge in [-0.15, -0.1) is 0 Å². The van der Waals surface area contributed by atoms with Crippen LogP contribution in [0, 0.1) is 0 Å². The van der Waals surface area contributed by atoms with E-state index in [9.17, 15) is 0 Å². The molecule has 0 atom stereocenters. The second kappa shape index (κ2) is 13.9. The van der Waals surface area contributed by atoms with Gasteiger partial charge in [-0.2, -0.15) is 0 Å². The molecule has 0 saturated heterocycles. The van der Waals surface area contributed by atoms with E-state index in [1.54, 1.807) is 12.2 Å². The lowest BCUT2D eigenvalue weighted by Gasteiger charge is -2.26. The highest BCUT2D eigenvalue weighted by Crippen LogP contribution is 2.39. The fourth-order valence-electron chi connectivity index (χ4n) is 5.90. The molecule has 0 unspecified atom stereocenters. The third-order valence-corrected chi connectivity index (χ3v) is 8.19. The molecule has 0 N–H and O–H groups in total. The molecule has 0 saturated carbocycles. The molecule has 7 rings (SSSR count). The molecule has 0 spiro atoms. The first-order valence-electron chi connectivity index (χ1n) is 15.9. The van der Waals surface area contributed by atoms with Crippen LogP contribution in [0.2, 0.25) is 0 Å². The zero-order valence-corrected chi connectivity index (χ0v) is 26.5. The van der Waals surface area contributed by atoms with Gasteiger partial charge < -0.3 is 9.80 Å². The van der Waals surface area contributed by atoms with Crippen LogP contribution in [-0.4, -0.2) is 9.97 Å². The van der Waals surface area contributed by atoms with Crippen molar-refractivity contribution in [2.24, 2.45) is 0 Å². The van der Waals surface area contributed by atoms with Crippen molar-refractivity contribution in [3.05, 3.63) is 194 Å². The van der Waals surface area contributed by atoms with Crippen LogP contribution in [0.5, 0.6) is 0 Å². The van der Waals surface area contributed by atoms with E-state index in [0.717, 1.165) is 56.6 Å². The second-order valence-corrected chi connectivity index (χ2v) is 11.2. The van der Waals surface area contributed by atoms with Gasteiger partial charge in [-0.3, -0.25) is 0 Å². The molecule has 0 fully saturated rings. The Morgan fingerprint density at radius 2 is 0.583 bits per heavy atom. The smallest absolute Gasteiger partial charge is 0.0973 e. The third kappa shape index (κ3) is 6.15. The highest BCUT2D eigenvalue weighted by atomic mass is 15.1. The summed E-state index contributed by atoms with van der Waals surface area (Å²) in [5.41, 5.74) is 11.3. The molecule has 1 heterocycles. The molecular formula is C44H34N4. The molecule has 0 amide bonds. The Morgan fingerprint density at radius 1 is 0.333 bits per heavy atom. The van der Waals surface area contributed by atoms with Crippen molar-refractivity contribution in [3.8, 4) is 22.5 Å². The van der Waals surface area contributed by atoms with Crippen LogP contribution in [0.25, 0.3) is 34.7 Å². The van der Waals surface area contributed by atoms with Crippen molar-refractivity contribution in [1.29, 1.82) is 0 Å². The highest BCUT2D eigenvalue weighted by molar-refractivity contribution is 5.84. The SMILES string of the molecule is C=Cc1nc(-c2ccc(N(c3ccccc3)c3ccccc3)cc2)c(-c2ccc(N(c3ccccc3)c3ccccc3)cc2)nc1C=C. The molecule has 7 aromatic rings. The fraction of sp³-hybridized carbons (Fsp3) is 0. The average Bonchev–Trinajstić information content (AvgIpc) is 3.17. The van der Waals surface area contributed by atoms with Crippen molar-refractivity contribution < 1.29 is 0 Å². The summed E-state index contributed by atoms with van der Waals surface area (Å²) in [5.74, 6) is 0. The topological polar surface area (TPSA) is 32.3 Å². The Morgan fingerprint density at radius 3 is 0.833 bits per heavy atom. The van der Waals surface area contributed by atoms with Crippen LogP contribution in [-0.2, 0) is 0 Å². The lowest BCUT2D eigenvalue weighted by Crippen LogP contribution is -2.09. The molecular weight excluding hydrogens is 585 g/mol. The number of nitrogens with zero attached hydrogens (tertiary/aromatic N) is 4. The molecule has 48 heavy (non-hydrogen) atoms. The molecule has 1 aromatic heterocycles. The maximum absolute atomic E-state index is 5.08. The normalized spacial score (nSPS) is 10.7. The monoisotopic (exact) mass is 618 g/mol. The molecule has 230 valence electrons. The van der Waals surface area contributed by atoms with Gasteiger partial charge in [0.15, 0.2) is 0 Å². The quantitative estimate of drug-likeness (QED) is 0.153. The lowest BCUT2D eigenvalue weighted by atomic mass is 10.0. The van der Waals surface area contributed by atoms with Crippen LogP contribution in [0.15, 0.2) is 183 Å². The first-order valence-corrected chi connectivity index (χ1v) is 15.9. The summed E-state index contributed by atoms with van der Waals surface area (Å²) < 4.78 is 0. The molecule has 0 aliphatic carbocycles. The Kier molecular flexibility index (Phi) is 8.70. The molecule has 6 aromatic carbocycles. The van der Waals surface area contributed by atoms with Crippen molar-refractivity contribution in [2.45, 2.75) is 0 Å². The highest BCUT2D eigenvalue weighted by Gasteiger charge is 2.18. The molecule has 4 nitrogen and oxygen atoms in total. The first kappa shape index (κ1) is 30.2. The maximum Gasteiger partial charge on any atom is 0.0973 e. The fourth-order valence-corrected chi connectivity index (χ4v) is 5.90. The molecule has 0 radical (unpaired) electrons. The Bertz CT molecular complexity index is 1890. The van der Waals surface area contributed by atoms with E-state index in [1.807, 2.05) is 24.3 Å². The van der Waals surface area contributed by atoms with E-state index < -0.39 is 0 Å². The van der Waals surface area contributed by atoms with Crippen LogP contribution in [0.3, 0.4) is 0 Å². The Hall–Kier alpha value is -6.52. The Labute approximate surface area is 282 Å². The van der Waals surface area contributed by atoms with Gasteiger partial charge >= 0.3 is 0 Å². The van der Waals surface area contributed by atoms with Crippen LogP contribution < -0.4 is 9.80 Å². The number of hydrogen-bond donors (Lipinski definition) is 0. The van der Waals surface area contributed by atoms with E-state index in [2.05, 4.69) is 169 Å². The minimum Gasteiger partial charge on any atom is -0.311 e. The summed E-state index contributed by atoms with van der Waals surface area (Å²) in [6.45, 7) is 8.01. The first-order chi connectivity index (χ1) is 23.7. The summed E-state index contributed by atoms with van der Waals surface area (Å²) in [5, 5.41) is 0. The van der Waals surface area contributed by atoms with Crippen LogP contribution >= 0.6 is 0 Å². The predicted molar refractivity (Wildman–Crippen MR) is 202 cm³/mol. The molecule has 0 aliphatic rings. The zero-order chi connectivity index (χ0) is 32.7. The average molecular weight is 619 g/mol. The minimum absolute atomic E-state index is 0.693. The zero-order valence-electron chi connectivity index (χ0n) is 26.5. The summed E-state index contributed by atoms with van der Waals surface area (Å²) in [4.78, 5) is 14.6. The van der Waals surface area contributed by atoms with Gasteiger partial charge in [0, 0.05) is 45.3 Å². The summed E-state index contributed by atoms with van der Waals surface area (Å²) >= 11 is 0. The number of rotatable bonds is 10. The molecule has 0 bridgehead atoms. The van der Waals surface area contributed by atoms with E-state index in [0.29, 0.717) is 11.4 Å². The van der Waals surface area contributed by atoms with Gasteiger partial charge in [0.2, 0.25) is 0 Å². The molecule has 4 heteroatoms. The molecule has 0 aliphatic heterocycles. The Balaban J connectivity index is 1.30. The maximum atomic E-state index is 5.08. The number of hydrogen-bond acceptors (Lipinski definition) is 4. The summed E-state index contributed by atoms with van der Waals surface area (Å²) in [6, 6.07) is 58.6. The van der Waals surface area contributed by atoms with Gasteiger partial charge in [-0.1, -0.05) is 110 Å². The minimum atomic E-state index is 0.693. The van der Waals surface area contributed by atoms with Gasteiger partial charge in [-0.25, -0.2) is 9.97 Å². The van der Waals surface area contributed by atoms with E-state index in [4.69, 9.17) is 9.97 Å². The lowest BCUT2D eigenvalue weighted by molar-refractivity contribution is 1.17. The van der Waals surface area contributed by atoms with Crippen molar-refractivity contribution in [2.75, 3.05) is 9.80 Å². The summed E-state index contributed by atoms with van der Waals surface area (Å²) in [6.07, 6.45) is 3.47.